The van der Waals surface area contributed by atoms with Gasteiger partial charge in [0.05, 0.1) is 6.10 Å². The molecule has 0 spiro atoms. The molecule has 2 atom stereocenters. The number of urea groups is 1. The van der Waals surface area contributed by atoms with E-state index in [-0.39, 0.29) is 5.92 Å². The number of aliphatic hydroxyl groups is 1. The van der Waals surface area contributed by atoms with Crippen LogP contribution in [0, 0.1) is 5.92 Å². The fourth-order valence-corrected chi connectivity index (χ4v) is 0.878. The number of aliphatic hydroxyl groups excluding tert-OH is 1. The Kier molecular flexibility index (Phi) is 5.69. The number of nitrogens with one attached hydrogen (secondary N) is 2. The highest BCUT2D eigenvalue weighted by Crippen LogP contribution is 1.93. The molecule has 0 heterocycles. The molecule has 6 nitrogen and oxygen atoms in total. The van der Waals surface area contributed by atoms with E-state index >= 15 is 0 Å². The molecule has 0 aliphatic carbocycles. The minimum Gasteiger partial charge on any atom is -0.480 e. The van der Waals surface area contributed by atoms with Gasteiger partial charge in [0.1, 0.15) is 0 Å². The quantitative estimate of drug-likeness (QED) is 0.512. The highest BCUT2D eigenvalue weighted by molar-refractivity contribution is 5.82. The maximum atomic E-state index is 11.2. The monoisotopic (exact) mass is 218 g/mol. The zero-order valence-corrected chi connectivity index (χ0v) is 9.15. The van der Waals surface area contributed by atoms with Crippen LogP contribution in [0.3, 0.4) is 0 Å². The van der Waals surface area contributed by atoms with Crippen molar-refractivity contribution in [1.29, 1.82) is 0 Å². The summed E-state index contributed by atoms with van der Waals surface area (Å²) in [7, 11) is 0. The second-order valence-corrected chi connectivity index (χ2v) is 3.80. The van der Waals surface area contributed by atoms with Gasteiger partial charge in [0.25, 0.3) is 0 Å². The molecule has 0 fully saturated rings. The minimum absolute atomic E-state index is 0.283. The Morgan fingerprint density at radius 3 is 2.13 bits per heavy atom. The van der Waals surface area contributed by atoms with Crippen molar-refractivity contribution < 1.29 is 19.8 Å². The van der Waals surface area contributed by atoms with Crippen molar-refractivity contribution in [1.82, 2.24) is 10.6 Å². The van der Waals surface area contributed by atoms with Gasteiger partial charge >= 0.3 is 12.0 Å². The Morgan fingerprint density at radius 2 is 1.80 bits per heavy atom. The average molecular weight is 218 g/mol. The topological polar surface area (TPSA) is 98.7 Å². The molecule has 0 rings (SSSR count). The number of carbonyl (C=O) groups excluding carboxylic acids is 1. The zero-order chi connectivity index (χ0) is 12.0. The van der Waals surface area contributed by atoms with Gasteiger partial charge in [0.15, 0.2) is 6.04 Å². The summed E-state index contributed by atoms with van der Waals surface area (Å²) in [6.45, 7) is 5.60. The lowest BCUT2D eigenvalue weighted by molar-refractivity contribution is -0.141. The number of amides is 2. The first-order valence-electron chi connectivity index (χ1n) is 4.79. The summed E-state index contributed by atoms with van der Waals surface area (Å²) in [5.41, 5.74) is 0. The van der Waals surface area contributed by atoms with E-state index in [1.807, 2.05) is 13.8 Å². The van der Waals surface area contributed by atoms with E-state index in [9.17, 15) is 9.59 Å². The van der Waals surface area contributed by atoms with Crippen molar-refractivity contribution in [2.45, 2.75) is 32.9 Å². The van der Waals surface area contributed by atoms with Crippen LogP contribution in [0.5, 0.6) is 0 Å². The maximum absolute atomic E-state index is 11.2. The molecule has 0 aromatic rings. The van der Waals surface area contributed by atoms with Gasteiger partial charge in [-0.05, 0) is 12.8 Å². The van der Waals surface area contributed by atoms with Crippen LogP contribution in [-0.4, -0.2) is 40.9 Å². The number of aliphatic carboxylic acids is 1. The molecule has 2 amide bonds. The van der Waals surface area contributed by atoms with E-state index in [1.165, 1.54) is 6.92 Å². The van der Waals surface area contributed by atoms with Crippen LogP contribution < -0.4 is 10.6 Å². The Labute approximate surface area is 88.7 Å². The van der Waals surface area contributed by atoms with Crippen LogP contribution in [0.2, 0.25) is 0 Å². The predicted molar refractivity (Wildman–Crippen MR) is 54.5 cm³/mol. The summed E-state index contributed by atoms with van der Waals surface area (Å²) in [4.78, 5) is 21.8. The number of carbonyl (C=O) groups is 2. The second kappa shape index (κ2) is 6.23. The molecule has 15 heavy (non-hydrogen) atoms. The fourth-order valence-electron chi connectivity index (χ4n) is 0.878. The molecule has 0 saturated heterocycles. The number of hydrogen-bond donors (Lipinski definition) is 4. The van der Waals surface area contributed by atoms with Crippen LogP contribution in [0.25, 0.3) is 0 Å². The third kappa shape index (κ3) is 5.90. The van der Waals surface area contributed by atoms with Crippen LogP contribution in [0.4, 0.5) is 4.79 Å². The van der Waals surface area contributed by atoms with E-state index < -0.39 is 24.1 Å². The number of rotatable bonds is 5. The van der Waals surface area contributed by atoms with Crippen LogP contribution in [0.1, 0.15) is 20.8 Å². The molecule has 0 aliphatic rings. The summed E-state index contributed by atoms with van der Waals surface area (Å²) in [5, 5.41) is 22.4. The smallest absolute Gasteiger partial charge is 0.328 e. The zero-order valence-electron chi connectivity index (χ0n) is 9.15. The molecule has 88 valence electrons. The van der Waals surface area contributed by atoms with Crippen molar-refractivity contribution >= 4 is 12.0 Å². The summed E-state index contributed by atoms with van der Waals surface area (Å²) in [6.07, 6.45) is -1.13. The molecule has 4 N–H and O–H groups in total. The lowest BCUT2D eigenvalue weighted by atomic mass is 10.2. The van der Waals surface area contributed by atoms with Crippen molar-refractivity contribution in [3.8, 4) is 0 Å². The molecule has 0 radical (unpaired) electrons. The highest BCUT2D eigenvalue weighted by Gasteiger charge is 2.24. The highest BCUT2D eigenvalue weighted by atomic mass is 16.4. The maximum Gasteiger partial charge on any atom is 0.328 e. The van der Waals surface area contributed by atoms with Gasteiger partial charge in [-0.25, -0.2) is 9.59 Å². The lowest BCUT2D eigenvalue weighted by Gasteiger charge is -2.17. The standard InChI is InChI=1S/C9H18N2O4/c1-5(2)4-10-9(15)11-7(6(3)12)8(13)14/h5-7,12H,4H2,1-3H3,(H,13,14)(H2,10,11,15)/t6-,7+/m1/s1. The molecule has 0 saturated carbocycles. The SMILES string of the molecule is CC(C)CNC(=O)N[C@H](C(=O)O)[C@@H](C)O. The van der Waals surface area contributed by atoms with E-state index in [2.05, 4.69) is 10.6 Å². The van der Waals surface area contributed by atoms with Crippen molar-refractivity contribution in [3.05, 3.63) is 0 Å². The van der Waals surface area contributed by atoms with Gasteiger partial charge in [-0.1, -0.05) is 13.8 Å². The van der Waals surface area contributed by atoms with Gasteiger partial charge in [0.2, 0.25) is 0 Å². The Bertz CT molecular complexity index is 228. The van der Waals surface area contributed by atoms with Gasteiger partial charge in [-0.3, -0.25) is 0 Å². The first-order chi connectivity index (χ1) is 6.84. The predicted octanol–water partition coefficient (Wildman–Crippen LogP) is -0.224. The molecular weight excluding hydrogens is 200 g/mol. The van der Waals surface area contributed by atoms with Gasteiger partial charge < -0.3 is 20.8 Å². The average Bonchev–Trinajstić information content (AvgIpc) is 2.09. The van der Waals surface area contributed by atoms with Crippen LogP contribution >= 0.6 is 0 Å². The molecule has 0 aromatic heterocycles. The molecule has 0 unspecified atom stereocenters. The Balaban J connectivity index is 4.07. The first-order valence-corrected chi connectivity index (χ1v) is 4.79. The molecule has 0 aliphatic heterocycles. The van der Waals surface area contributed by atoms with Crippen molar-refractivity contribution in [2.24, 2.45) is 5.92 Å². The molecular formula is C9H18N2O4. The van der Waals surface area contributed by atoms with E-state index in [0.717, 1.165) is 0 Å². The van der Waals surface area contributed by atoms with E-state index in [0.29, 0.717) is 6.54 Å². The van der Waals surface area contributed by atoms with Crippen LogP contribution in [0.15, 0.2) is 0 Å². The summed E-state index contributed by atoms with van der Waals surface area (Å²) < 4.78 is 0. The van der Waals surface area contributed by atoms with E-state index in [1.54, 1.807) is 0 Å². The third-order valence-electron chi connectivity index (χ3n) is 1.71. The van der Waals surface area contributed by atoms with E-state index in [4.69, 9.17) is 10.2 Å². The number of carboxylic acids is 1. The largest absolute Gasteiger partial charge is 0.480 e. The van der Waals surface area contributed by atoms with Crippen molar-refractivity contribution in [2.75, 3.05) is 6.54 Å². The number of hydrogen-bond acceptors (Lipinski definition) is 3. The van der Waals surface area contributed by atoms with Gasteiger partial charge in [-0.15, -0.1) is 0 Å². The third-order valence-corrected chi connectivity index (χ3v) is 1.71. The lowest BCUT2D eigenvalue weighted by Crippen LogP contribution is -2.51. The van der Waals surface area contributed by atoms with Gasteiger partial charge in [-0.2, -0.15) is 0 Å². The summed E-state index contributed by atoms with van der Waals surface area (Å²) >= 11 is 0. The fraction of sp³-hybridized carbons (Fsp3) is 0.778. The molecule has 6 heteroatoms. The molecule has 0 aromatic carbocycles. The minimum atomic E-state index is -1.28. The Hall–Kier alpha value is -1.30. The number of carboxylic acid groups (broad SMARTS) is 1. The Morgan fingerprint density at radius 1 is 1.27 bits per heavy atom. The van der Waals surface area contributed by atoms with Gasteiger partial charge in [0, 0.05) is 6.54 Å². The molecule has 0 bridgehead atoms. The summed E-state index contributed by atoms with van der Waals surface area (Å²) in [6, 6.07) is -1.87. The first kappa shape index (κ1) is 13.7. The second-order valence-electron chi connectivity index (χ2n) is 3.80. The van der Waals surface area contributed by atoms with Crippen LogP contribution in [-0.2, 0) is 4.79 Å². The van der Waals surface area contributed by atoms with Crippen molar-refractivity contribution in [3.63, 3.8) is 0 Å². The summed E-state index contributed by atoms with van der Waals surface area (Å²) in [5.74, 6) is -0.977. The normalized spacial score (nSPS) is 14.5.